The fourth-order valence-corrected chi connectivity index (χ4v) is 3.42. The second-order valence-electron chi connectivity index (χ2n) is 6.20. The SMILES string of the molecule is C=CCc1cccc(/C=N\NC(=O)c2nn(Cc3ccc(Br)cc3)cc2Br)c1O. The highest BCUT2D eigenvalue weighted by Crippen LogP contribution is 2.21. The van der Waals surface area contributed by atoms with Crippen LogP contribution in [0, 0.1) is 0 Å². The molecule has 29 heavy (non-hydrogen) atoms. The van der Waals surface area contributed by atoms with E-state index >= 15 is 0 Å². The van der Waals surface area contributed by atoms with E-state index in [1.807, 2.05) is 36.4 Å². The van der Waals surface area contributed by atoms with E-state index < -0.39 is 5.91 Å². The number of amides is 1. The minimum absolute atomic E-state index is 0.116. The number of phenols is 1. The second kappa shape index (κ2) is 9.67. The third-order valence-corrected chi connectivity index (χ3v) is 5.18. The molecule has 148 valence electrons. The summed E-state index contributed by atoms with van der Waals surface area (Å²) in [6.45, 7) is 4.20. The maximum Gasteiger partial charge on any atom is 0.293 e. The number of aromatic nitrogens is 2. The number of carbonyl (C=O) groups is 1. The molecule has 1 heterocycles. The van der Waals surface area contributed by atoms with Crippen LogP contribution in [0.15, 0.2) is 75.4 Å². The molecule has 3 aromatic rings. The van der Waals surface area contributed by atoms with E-state index in [2.05, 4.69) is 54.1 Å². The van der Waals surface area contributed by atoms with Crippen LogP contribution in [0.5, 0.6) is 5.75 Å². The highest BCUT2D eigenvalue weighted by molar-refractivity contribution is 9.10. The Kier molecular flexibility index (Phi) is 7.00. The lowest BCUT2D eigenvalue weighted by Crippen LogP contribution is -2.19. The number of carbonyl (C=O) groups excluding carboxylic acids is 1. The average Bonchev–Trinajstić information content (AvgIpc) is 3.07. The number of hydrogen-bond donors (Lipinski definition) is 2. The Hall–Kier alpha value is -2.71. The number of para-hydroxylation sites is 1. The number of aromatic hydroxyl groups is 1. The van der Waals surface area contributed by atoms with Crippen molar-refractivity contribution >= 4 is 44.0 Å². The van der Waals surface area contributed by atoms with Crippen LogP contribution in [0.3, 0.4) is 0 Å². The topological polar surface area (TPSA) is 79.5 Å². The minimum Gasteiger partial charge on any atom is -0.507 e. The molecule has 1 aromatic heterocycles. The standard InChI is InChI=1S/C21H18Br2N4O2/c1-2-4-15-5-3-6-16(20(15)28)11-24-25-21(29)19-18(23)13-27(26-19)12-14-7-9-17(22)10-8-14/h2-3,5-11,13,28H,1,4,12H2,(H,25,29)/b24-11-. The van der Waals surface area contributed by atoms with E-state index in [1.54, 1.807) is 23.0 Å². The molecule has 2 aromatic carbocycles. The van der Waals surface area contributed by atoms with Gasteiger partial charge in [-0.3, -0.25) is 9.48 Å². The molecule has 0 unspecified atom stereocenters. The van der Waals surface area contributed by atoms with Gasteiger partial charge in [0, 0.05) is 16.2 Å². The Balaban J connectivity index is 1.67. The lowest BCUT2D eigenvalue weighted by atomic mass is 10.1. The predicted molar refractivity (Wildman–Crippen MR) is 120 cm³/mol. The molecule has 0 saturated heterocycles. The van der Waals surface area contributed by atoms with Crippen LogP contribution in [0.4, 0.5) is 0 Å². The molecule has 0 aliphatic rings. The van der Waals surface area contributed by atoms with Crippen LogP contribution in [0.25, 0.3) is 0 Å². The van der Waals surface area contributed by atoms with Gasteiger partial charge in [0.2, 0.25) is 0 Å². The van der Waals surface area contributed by atoms with E-state index in [9.17, 15) is 9.90 Å². The molecule has 0 saturated carbocycles. The largest absolute Gasteiger partial charge is 0.507 e. The summed E-state index contributed by atoms with van der Waals surface area (Å²) in [5.74, 6) is -0.338. The van der Waals surface area contributed by atoms with E-state index in [-0.39, 0.29) is 11.4 Å². The number of allylic oxidation sites excluding steroid dienone is 1. The van der Waals surface area contributed by atoms with Crippen LogP contribution in [0.1, 0.15) is 27.2 Å². The van der Waals surface area contributed by atoms with Gasteiger partial charge in [0.1, 0.15) is 5.75 Å². The lowest BCUT2D eigenvalue weighted by Gasteiger charge is -2.04. The predicted octanol–water partition coefficient (Wildman–Crippen LogP) is 4.65. The van der Waals surface area contributed by atoms with Gasteiger partial charge in [0.05, 0.1) is 17.2 Å². The molecular weight excluding hydrogens is 500 g/mol. The smallest absolute Gasteiger partial charge is 0.293 e. The van der Waals surface area contributed by atoms with Crippen molar-refractivity contribution in [1.29, 1.82) is 0 Å². The van der Waals surface area contributed by atoms with Crippen molar-refractivity contribution < 1.29 is 9.90 Å². The highest BCUT2D eigenvalue weighted by Gasteiger charge is 2.15. The van der Waals surface area contributed by atoms with Gasteiger partial charge in [0.25, 0.3) is 5.91 Å². The molecule has 6 nitrogen and oxygen atoms in total. The maximum absolute atomic E-state index is 12.4. The number of rotatable bonds is 7. The molecule has 0 radical (unpaired) electrons. The van der Waals surface area contributed by atoms with Gasteiger partial charge < -0.3 is 5.11 Å². The number of hydrazone groups is 1. The molecular formula is C21H18Br2N4O2. The Morgan fingerprint density at radius 1 is 1.24 bits per heavy atom. The lowest BCUT2D eigenvalue weighted by molar-refractivity contribution is 0.0948. The summed E-state index contributed by atoms with van der Waals surface area (Å²) >= 11 is 6.77. The summed E-state index contributed by atoms with van der Waals surface area (Å²) in [6.07, 6.45) is 5.39. The van der Waals surface area contributed by atoms with Crippen molar-refractivity contribution in [2.45, 2.75) is 13.0 Å². The zero-order chi connectivity index (χ0) is 20.8. The monoisotopic (exact) mass is 516 g/mol. The molecule has 8 heteroatoms. The average molecular weight is 518 g/mol. The Morgan fingerprint density at radius 2 is 2.00 bits per heavy atom. The molecule has 0 aliphatic heterocycles. The summed E-state index contributed by atoms with van der Waals surface area (Å²) in [7, 11) is 0. The Labute approximate surface area is 185 Å². The van der Waals surface area contributed by atoms with Crippen molar-refractivity contribution in [1.82, 2.24) is 15.2 Å². The summed E-state index contributed by atoms with van der Waals surface area (Å²) in [5.41, 5.74) is 4.97. The zero-order valence-corrected chi connectivity index (χ0v) is 18.5. The van der Waals surface area contributed by atoms with Crippen LogP contribution in [-0.4, -0.2) is 27.0 Å². The first-order valence-electron chi connectivity index (χ1n) is 8.70. The van der Waals surface area contributed by atoms with Gasteiger partial charge in [-0.05, 0) is 51.7 Å². The molecule has 0 spiro atoms. The van der Waals surface area contributed by atoms with Crippen molar-refractivity contribution in [2.24, 2.45) is 5.10 Å². The first kappa shape index (κ1) is 21.0. The first-order valence-corrected chi connectivity index (χ1v) is 10.3. The van der Waals surface area contributed by atoms with Crippen LogP contribution >= 0.6 is 31.9 Å². The van der Waals surface area contributed by atoms with Crippen molar-refractivity contribution in [2.75, 3.05) is 0 Å². The summed E-state index contributed by atoms with van der Waals surface area (Å²) < 4.78 is 3.25. The molecule has 0 bridgehead atoms. The fraction of sp³-hybridized carbons (Fsp3) is 0.0952. The molecule has 1 amide bonds. The minimum atomic E-state index is -0.454. The molecule has 0 aliphatic carbocycles. The van der Waals surface area contributed by atoms with Gasteiger partial charge in [0.15, 0.2) is 5.69 Å². The Bertz CT molecular complexity index is 1060. The van der Waals surface area contributed by atoms with Gasteiger partial charge in [-0.25, -0.2) is 5.43 Å². The third-order valence-electron chi connectivity index (χ3n) is 4.07. The van der Waals surface area contributed by atoms with Crippen LogP contribution in [-0.2, 0) is 13.0 Å². The Morgan fingerprint density at radius 3 is 2.72 bits per heavy atom. The summed E-state index contributed by atoms with van der Waals surface area (Å²) in [5, 5.41) is 18.5. The number of halogens is 2. The van der Waals surface area contributed by atoms with Crippen molar-refractivity contribution in [3.63, 3.8) is 0 Å². The maximum atomic E-state index is 12.4. The van der Waals surface area contributed by atoms with Crippen LogP contribution < -0.4 is 5.43 Å². The van der Waals surface area contributed by atoms with Gasteiger partial charge >= 0.3 is 0 Å². The van der Waals surface area contributed by atoms with E-state index in [0.717, 1.165) is 15.6 Å². The van der Waals surface area contributed by atoms with Crippen molar-refractivity contribution in [3.05, 3.63) is 92.6 Å². The molecule has 2 N–H and O–H groups in total. The number of hydrogen-bond acceptors (Lipinski definition) is 4. The van der Waals surface area contributed by atoms with E-state index in [4.69, 9.17) is 0 Å². The van der Waals surface area contributed by atoms with Gasteiger partial charge in [-0.15, -0.1) is 6.58 Å². The normalized spacial score (nSPS) is 11.0. The molecule has 3 rings (SSSR count). The van der Waals surface area contributed by atoms with Gasteiger partial charge in [-0.2, -0.15) is 10.2 Å². The third kappa shape index (κ3) is 5.42. The number of nitrogens with zero attached hydrogens (tertiary/aromatic N) is 3. The number of nitrogens with one attached hydrogen (secondary N) is 1. The molecule has 0 fully saturated rings. The van der Waals surface area contributed by atoms with E-state index in [1.165, 1.54) is 6.21 Å². The first-order chi connectivity index (χ1) is 14.0. The van der Waals surface area contributed by atoms with Gasteiger partial charge in [-0.1, -0.05) is 46.3 Å². The second-order valence-corrected chi connectivity index (χ2v) is 7.97. The quantitative estimate of drug-likeness (QED) is 0.272. The number of phenolic OH excluding ortho intramolecular Hbond substituents is 1. The van der Waals surface area contributed by atoms with Crippen LogP contribution in [0.2, 0.25) is 0 Å². The summed E-state index contributed by atoms with van der Waals surface area (Å²) in [6, 6.07) is 13.2. The number of benzene rings is 2. The highest BCUT2D eigenvalue weighted by atomic mass is 79.9. The van der Waals surface area contributed by atoms with Crippen molar-refractivity contribution in [3.8, 4) is 5.75 Å². The molecule has 0 atom stereocenters. The van der Waals surface area contributed by atoms with E-state index in [0.29, 0.717) is 23.0 Å². The summed E-state index contributed by atoms with van der Waals surface area (Å²) in [4.78, 5) is 12.4. The fourth-order valence-electron chi connectivity index (χ4n) is 2.66. The zero-order valence-electron chi connectivity index (χ0n) is 15.3.